The molecule has 0 aliphatic heterocycles. The van der Waals surface area contributed by atoms with E-state index in [0.717, 1.165) is 16.1 Å². The first-order chi connectivity index (χ1) is 12.4. The summed E-state index contributed by atoms with van der Waals surface area (Å²) in [6.45, 7) is 2.27. The number of anilines is 1. The van der Waals surface area contributed by atoms with Crippen molar-refractivity contribution >= 4 is 29.1 Å². The highest BCUT2D eigenvalue weighted by Crippen LogP contribution is 2.25. The van der Waals surface area contributed by atoms with Crippen molar-refractivity contribution < 1.29 is 14.3 Å². The van der Waals surface area contributed by atoms with Crippen LogP contribution in [0.1, 0.15) is 22.8 Å². The smallest absolute Gasteiger partial charge is 0.238 e. The van der Waals surface area contributed by atoms with Gasteiger partial charge in [0.15, 0.2) is 5.78 Å². The molecule has 26 heavy (non-hydrogen) atoms. The number of thioether (sulfide) groups is 1. The number of nitrogens with zero attached hydrogens (tertiary/aromatic N) is 1. The number of ketones is 1. The van der Waals surface area contributed by atoms with Gasteiger partial charge in [-0.1, -0.05) is 12.1 Å². The average Bonchev–Trinajstić information content (AvgIpc) is 2.61. The lowest BCUT2D eigenvalue weighted by molar-refractivity contribution is -0.117. The van der Waals surface area contributed by atoms with Gasteiger partial charge in [0.1, 0.15) is 5.75 Å². The SMILES string of the molecule is COc1ccc(C(C)=O)cc1CN(C)CC(=O)Nc1ccccc1SC. The number of Topliss-reactive ketones (excluding diaryl/α,β-unsaturated/α-hetero) is 1. The van der Waals surface area contributed by atoms with E-state index >= 15 is 0 Å². The predicted octanol–water partition coefficient (Wildman–Crippen LogP) is 3.69. The molecule has 0 aliphatic carbocycles. The first-order valence-electron chi connectivity index (χ1n) is 8.24. The van der Waals surface area contributed by atoms with E-state index in [1.54, 1.807) is 31.0 Å². The van der Waals surface area contributed by atoms with Crippen LogP contribution < -0.4 is 10.1 Å². The van der Waals surface area contributed by atoms with Crippen LogP contribution in [-0.2, 0) is 11.3 Å². The summed E-state index contributed by atoms with van der Waals surface area (Å²) in [6, 6.07) is 13.1. The molecule has 0 spiro atoms. The summed E-state index contributed by atoms with van der Waals surface area (Å²) in [7, 11) is 3.46. The zero-order valence-corrected chi connectivity index (χ0v) is 16.4. The summed E-state index contributed by atoms with van der Waals surface area (Å²) in [4.78, 5) is 26.9. The molecule has 2 rings (SSSR count). The van der Waals surface area contributed by atoms with E-state index < -0.39 is 0 Å². The number of methoxy groups -OCH3 is 1. The topological polar surface area (TPSA) is 58.6 Å². The van der Waals surface area contributed by atoms with Gasteiger partial charge in [-0.25, -0.2) is 0 Å². The molecule has 2 aromatic rings. The van der Waals surface area contributed by atoms with Gasteiger partial charge in [-0.15, -0.1) is 11.8 Å². The number of nitrogens with one attached hydrogen (secondary N) is 1. The molecule has 0 saturated carbocycles. The summed E-state index contributed by atoms with van der Waals surface area (Å²) in [5, 5.41) is 2.95. The number of carbonyl (C=O) groups is 2. The molecule has 1 N–H and O–H groups in total. The molecule has 6 heteroatoms. The summed E-state index contributed by atoms with van der Waals surface area (Å²) >= 11 is 1.59. The summed E-state index contributed by atoms with van der Waals surface area (Å²) in [6.07, 6.45) is 1.98. The monoisotopic (exact) mass is 372 g/mol. The molecule has 1 amide bonds. The number of likely N-dealkylation sites (N-methyl/N-ethyl adjacent to an activating group) is 1. The first kappa shape index (κ1) is 20.0. The number of ether oxygens (including phenoxy) is 1. The van der Waals surface area contributed by atoms with Crippen LogP contribution in [0.4, 0.5) is 5.69 Å². The Morgan fingerprint density at radius 2 is 1.92 bits per heavy atom. The van der Waals surface area contributed by atoms with E-state index in [9.17, 15) is 9.59 Å². The standard InChI is InChI=1S/C20H24N2O3S/c1-14(23)15-9-10-18(25-3)16(11-15)12-22(2)13-20(24)21-17-7-5-6-8-19(17)26-4/h5-11H,12-13H2,1-4H3,(H,21,24). The summed E-state index contributed by atoms with van der Waals surface area (Å²) < 4.78 is 5.37. The number of hydrogen-bond acceptors (Lipinski definition) is 5. The van der Waals surface area contributed by atoms with Gasteiger partial charge in [0.2, 0.25) is 5.91 Å². The molecule has 0 radical (unpaired) electrons. The zero-order valence-electron chi connectivity index (χ0n) is 15.5. The molecule has 2 aromatic carbocycles. The lowest BCUT2D eigenvalue weighted by Crippen LogP contribution is -2.30. The maximum atomic E-state index is 12.4. The Hall–Kier alpha value is -2.31. The Bertz CT molecular complexity index is 792. The second kappa shape index (κ2) is 9.40. The molecule has 138 valence electrons. The minimum Gasteiger partial charge on any atom is -0.496 e. The zero-order chi connectivity index (χ0) is 19.1. The van der Waals surface area contributed by atoms with Gasteiger partial charge in [-0.05, 0) is 50.6 Å². The number of rotatable bonds is 8. The van der Waals surface area contributed by atoms with Crippen molar-refractivity contribution in [3.05, 3.63) is 53.6 Å². The fraction of sp³-hybridized carbons (Fsp3) is 0.300. The number of amides is 1. The highest BCUT2D eigenvalue weighted by Gasteiger charge is 2.13. The van der Waals surface area contributed by atoms with Crippen molar-refractivity contribution in [1.82, 2.24) is 4.90 Å². The third-order valence-corrected chi connectivity index (χ3v) is 4.72. The van der Waals surface area contributed by atoms with E-state index in [0.29, 0.717) is 17.9 Å². The maximum absolute atomic E-state index is 12.4. The normalized spacial score (nSPS) is 10.7. The Morgan fingerprint density at radius 3 is 2.58 bits per heavy atom. The molecular formula is C20H24N2O3S. The van der Waals surface area contributed by atoms with Crippen LogP contribution in [-0.4, -0.2) is 43.5 Å². The van der Waals surface area contributed by atoms with Crippen molar-refractivity contribution in [3.63, 3.8) is 0 Å². The van der Waals surface area contributed by atoms with E-state index in [1.165, 1.54) is 6.92 Å². The molecule has 0 atom stereocenters. The van der Waals surface area contributed by atoms with Crippen LogP contribution in [0.15, 0.2) is 47.4 Å². The van der Waals surface area contributed by atoms with Gasteiger partial charge in [0, 0.05) is 22.6 Å². The van der Waals surface area contributed by atoms with Gasteiger partial charge in [-0.3, -0.25) is 14.5 Å². The highest BCUT2D eigenvalue weighted by molar-refractivity contribution is 7.98. The minimum atomic E-state index is -0.0873. The van der Waals surface area contributed by atoms with Gasteiger partial charge in [0.25, 0.3) is 0 Å². The van der Waals surface area contributed by atoms with Crippen molar-refractivity contribution in [2.75, 3.05) is 32.3 Å². The Labute approximate surface area is 158 Å². The van der Waals surface area contributed by atoms with Gasteiger partial charge < -0.3 is 10.1 Å². The second-order valence-electron chi connectivity index (χ2n) is 6.00. The van der Waals surface area contributed by atoms with E-state index in [2.05, 4.69) is 5.32 Å². The lowest BCUT2D eigenvalue weighted by Gasteiger charge is -2.19. The molecule has 0 aliphatic rings. The van der Waals surface area contributed by atoms with Crippen molar-refractivity contribution in [2.45, 2.75) is 18.4 Å². The number of hydrogen-bond donors (Lipinski definition) is 1. The van der Waals surface area contributed by atoms with E-state index in [1.807, 2.05) is 48.5 Å². The summed E-state index contributed by atoms with van der Waals surface area (Å²) in [5.41, 5.74) is 2.32. The van der Waals surface area contributed by atoms with E-state index in [-0.39, 0.29) is 18.2 Å². The van der Waals surface area contributed by atoms with Crippen LogP contribution in [0.25, 0.3) is 0 Å². The molecular weight excluding hydrogens is 348 g/mol. The highest BCUT2D eigenvalue weighted by atomic mass is 32.2. The fourth-order valence-corrected chi connectivity index (χ4v) is 3.20. The fourth-order valence-electron chi connectivity index (χ4n) is 2.65. The van der Waals surface area contributed by atoms with Gasteiger partial charge in [0.05, 0.1) is 19.3 Å². The minimum absolute atomic E-state index is 0.00275. The van der Waals surface area contributed by atoms with Crippen LogP contribution >= 0.6 is 11.8 Å². The van der Waals surface area contributed by atoms with E-state index in [4.69, 9.17) is 4.74 Å². The van der Waals surface area contributed by atoms with Crippen LogP contribution in [0.5, 0.6) is 5.75 Å². The maximum Gasteiger partial charge on any atom is 0.238 e. The van der Waals surface area contributed by atoms with Crippen LogP contribution in [0.2, 0.25) is 0 Å². The quantitative estimate of drug-likeness (QED) is 0.566. The molecule has 0 unspecified atom stereocenters. The average molecular weight is 372 g/mol. The third-order valence-electron chi connectivity index (χ3n) is 3.92. The second-order valence-corrected chi connectivity index (χ2v) is 6.85. The van der Waals surface area contributed by atoms with Crippen LogP contribution in [0, 0.1) is 0 Å². The van der Waals surface area contributed by atoms with Gasteiger partial charge >= 0.3 is 0 Å². The predicted molar refractivity (Wildman–Crippen MR) is 106 cm³/mol. The molecule has 0 heterocycles. The Morgan fingerprint density at radius 1 is 1.19 bits per heavy atom. The molecule has 0 fully saturated rings. The van der Waals surface area contributed by atoms with Crippen molar-refractivity contribution in [2.24, 2.45) is 0 Å². The molecule has 0 bridgehead atoms. The first-order valence-corrected chi connectivity index (χ1v) is 9.46. The molecule has 0 saturated heterocycles. The Balaban J connectivity index is 2.04. The largest absolute Gasteiger partial charge is 0.496 e. The molecule has 5 nitrogen and oxygen atoms in total. The summed E-state index contributed by atoms with van der Waals surface area (Å²) in [5.74, 6) is 0.619. The molecule has 0 aromatic heterocycles. The lowest BCUT2D eigenvalue weighted by atomic mass is 10.1. The van der Waals surface area contributed by atoms with Crippen molar-refractivity contribution in [1.29, 1.82) is 0 Å². The number of carbonyl (C=O) groups excluding carboxylic acids is 2. The Kier molecular flexibility index (Phi) is 7.24. The third kappa shape index (κ3) is 5.34. The van der Waals surface area contributed by atoms with Crippen LogP contribution in [0.3, 0.4) is 0 Å². The number of benzene rings is 2. The number of para-hydroxylation sites is 1. The van der Waals surface area contributed by atoms with Crippen molar-refractivity contribution in [3.8, 4) is 5.75 Å². The van der Waals surface area contributed by atoms with Gasteiger partial charge in [-0.2, -0.15) is 0 Å².